The third kappa shape index (κ3) is 12.1. The summed E-state index contributed by atoms with van der Waals surface area (Å²) in [4.78, 5) is 57.4. The molecule has 4 aromatic rings. The zero-order valence-corrected chi connectivity index (χ0v) is 45.4. The second-order valence-corrected chi connectivity index (χ2v) is 19.4. The molecular weight excluding hydrogens is 971 g/mol. The number of carbonyl (C=O) groups excluding carboxylic acids is 4. The number of nitrogens with two attached hydrogens (primary N) is 1. The fourth-order valence-corrected chi connectivity index (χ4v) is 11.3. The van der Waals surface area contributed by atoms with Gasteiger partial charge in [-0.2, -0.15) is 0 Å². The highest BCUT2D eigenvalue weighted by Crippen LogP contribution is 2.51. The van der Waals surface area contributed by atoms with Crippen molar-refractivity contribution in [2.75, 3.05) is 122 Å². The van der Waals surface area contributed by atoms with Crippen LogP contribution < -0.4 is 54.5 Å². The quantitative estimate of drug-likeness (QED) is 0.0358. The van der Waals surface area contributed by atoms with E-state index in [9.17, 15) is 19.2 Å². The van der Waals surface area contributed by atoms with Gasteiger partial charge in [0.15, 0.2) is 0 Å². The van der Waals surface area contributed by atoms with Gasteiger partial charge in [-0.25, -0.2) is 4.58 Å². The summed E-state index contributed by atoms with van der Waals surface area (Å²) < 4.78 is 50.3. The zero-order valence-electron chi connectivity index (χ0n) is 45.4. The fourth-order valence-electron chi connectivity index (χ4n) is 11.3. The Morgan fingerprint density at radius 1 is 0.592 bits per heavy atom. The van der Waals surface area contributed by atoms with Gasteiger partial charge in [0, 0.05) is 70.7 Å². The van der Waals surface area contributed by atoms with Crippen LogP contribution in [-0.2, 0) is 63.8 Å². The normalized spacial score (nSPS) is 14.5. The number of aryl methyl sites for hydroxylation is 2. The van der Waals surface area contributed by atoms with Crippen molar-refractivity contribution in [2.45, 2.75) is 90.9 Å². The molecule has 0 unspecified atom stereocenters. The molecule has 0 saturated heterocycles. The van der Waals surface area contributed by atoms with E-state index in [4.69, 9.17) is 43.6 Å². The van der Waals surface area contributed by atoms with Crippen molar-refractivity contribution >= 4 is 46.5 Å². The summed E-state index contributed by atoms with van der Waals surface area (Å²) in [6.07, 6.45) is 11.5. The van der Waals surface area contributed by atoms with Gasteiger partial charge in [-0.15, -0.1) is 0 Å². The molecule has 0 bridgehead atoms. The molecule has 76 heavy (non-hydrogen) atoms. The highest BCUT2D eigenvalue weighted by molar-refractivity contribution is 5.93. The topological polar surface area (TPSA) is 181 Å². The van der Waals surface area contributed by atoms with E-state index < -0.39 is 23.9 Å². The molecule has 0 amide bonds. The Bertz CT molecular complexity index is 2860. The van der Waals surface area contributed by atoms with Crippen LogP contribution in [0.4, 0.5) is 17.1 Å². The number of rotatable bonds is 23. The van der Waals surface area contributed by atoms with Crippen LogP contribution in [0, 0.1) is 0 Å². The number of nitrogens with zero attached hydrogens (tertiary/aromatic N) is 4. The molecule has 0 radical (unpaired) electrons. The van der Waals surface area contributed by atoms with Gasteiger partial charge in [0.1, 0.15) is 81.2 Å². The average Bonchev–Trinajstić information content (AvgIpc) is 3.52. The molecule has 5 aliphatic heterocycles. The highest BCUT2D eigenvalue weighted by atomic mass is 16.5. The Kier molecular flexibility index (Phi) is 19.0. The van der Waals surface area contributed by atoms with Crippen LogP contribution in [0.25, 0.3) is 5.57 Å². The summed E-state index contributed by atoms with van der Waals surface area (Å²) in [5.74, 6) is 0.817. The molecule has 5 aliphatic rings. The number of carbonyl (C=O) groups is 4. The molecule has 0 aromatic heterocycles. The van der Waals surface area contributed by atoms with Crippen LogP contribution >= 0.6 is 0 Å². The van der Waals surface area contributed by atoms with Crippen LogP contribution in [0.15, 0.2) is 48.5 Å². The van der Waals surface area contributed by atoms with Crippen LogP contribution in [0.3, 0.4) is 0 Å². The number of ether oxygens (including phenoxy) is 8. The average molecular weight is 1050 g/mol. The first-order valence-corrected chi connectivity index (χ1v) is 27.2. The van der Waals surface area contributed by atoms with E-state index in [2.05, 4.69) is 21.6 Å². The van der Waals surface area contributed by atoms with E-state index in [0.717, 1.165) is 137 Å². The number of hydrogen-bond donors (Lipinski definition) is 1. The number of benzene rings is 4. The molecule has 17 nitrogen and oxygen atoms in total. The van der Waals surface area contributed by atoms with Gasteiger partial charge in [0.2, 0.25) is 5.36 Å². The molecule has 0 fully saturated rings. The minimum Gasteiger partial charge on any atom is -0.493 e. The second kappa shape index (κ2) is 26.2. The summed E-state index contributed by atoms with van der Waals surface area (Å²) in [5.41, 5.74) is 15.9. The molecule has 4 aromatic carbocycles. The third-order valence-electron chi connectivity index (χ3n) is 14.7. The molecule has 9 rings (SSSR count). The number of fused-ring (bicyclic) bond motifs is 4. The smallest absolute Gasteiger partial charge is 0.325 e. The zero-order chi connectivity index (χ0) is 53.7. The Labute approximate surface area is 446 Å². The summed E-state index contributed by atoms with van der Waals surface area (Å²) in [6.45, 7) is 8.07. The monoisotopic (exact) mass is 1050 g/mol. The van der Waals surface area contributed by atoms with E-state index in [-0.39, 0.29) is 39.4 Å². The van der Waals surface area contributed by atoms with E-state index in [1.165, 1.54) is 66.6 Å². The predicted molar refractivity (Wildman–Crippen MR) is 291 cm³/mol. The number of hydrogen-bond acceptors (Lipinski definition) is 16. The van der Waals surface area contributed by atoms with Gasteiger partial charge in [0.25, 0.3) is 0 Å². The lowest BCUT2D eigenvalue weighted by Crippen LogP contribution is -2.45. The second-order valence-electron chi connectivity index (χ2n) is 19.4. The van der Waals surface area contributed by atoms with Crippen LogP contribution in [0.1, 0.15) is 98.6 Å². The number of para-hydroxylation sites is 2. The summed E-state index contributed by atoms with van der Waals surface area (Å²) >= 11 is 0. The Morgan fingerprint density at radius 3 is 1.84 bits per heavy atom. The van der Waals surface area contributed by atoms with Crippen LogP contribution in [0.2, 0.25) is 0 Å². The van der Waals surface area contributed by atoms with Crippen LogP contribution in [-0.4, -0.2) is 131 Å². The predicted octanol–water partition coefficient (Wildman–Crippen LogP) is 5.81. The van der Waals surface area contributed by atoms with Crippen molar-refractivity contribution in [2.24, 2.45) is 5.73 Å². The van der Waals surface area contributed by atoms with Crippen molar-refractivity contribution in [3.8, 4) is 28.7 Å². The molecule has 17 heteroatoms. The van der Waals surface area contributed by atoms with Crippen molar-refractivity contribution in [3.63, 3.8) is 0 Å². The molecule has 408 valence electrons. The van der Waals surface area contributed by atoms with E-state index >= 15 is 0 Å². The van der Waals surface area contributed by atoms with Gasteiger partial charge in [0.05, 0.1) is 52.0 Å². The van der Waals surface area contributed by atoms with Gasteiger partial charge >= 0.3 is 23.9 Å². The van der Waals surface area contributed by atoms with Gasteiger partial charge in [-0.05, 0) is 93.8 Å². The molecule has 5 heterocycles. The van der Waals surface area contributed by atoms with Gasteiger partial charge in [-0.3, -0.25) is 19.2 Å². The number of anilines is 3. The maximum absolute atomic E-state index is 13.4. The van der Waals surface area contributed by atoms with Crippen LogP contribution in [0.5, 0.6) is 28.7 Å². The Morgan fingerprint density at radius 2 is 1.17 bits per heavy atom. The molecule has 0 atom stereocenters. The summed E-state index contributed by atoms with van der Waals surface area (Å²) in [6, 6.07) is 15.6. The van der Waals surface area contributed by atoms with Crippen molar-refractivity contribution in [3.05, 3.63) is 92.5 Å². The minimum absolute atomic E-state index is 0.00836. The molecule has 0 saturated carbocycles. The first-order chi connectivity index (χ1) is 37.1. The van der Waals surface area contributed by atoms with Crippen molar-refractivity contribution in [1.82, 2.24) is 4.58 Å². The molecular formula is C59H76N5O12+. The summed E-state index contributed by atoms with van der Waals surface area (Å²) in [7, 11) is 5.18. The first-order valence-electron chi connectivity index (χ1n) is 27.2. The number of unbranched alkanes of at least 4 members (excludes halogenated alkanes) is 3. The lowest BCUT2D eigenvalue weighted by atomic mass is 9.82. The van der Waals surface area contributed by atoms with Crippen molar-refractivity contribution < 1.29 is 57.1 Å². The van der Waals surface area contributed by atoms with E-state index in [0.29, 0.717) is 41.8 Å². The summed E-state index contributed by atoms with van der Waals surface area (Å²) in [5, 5.41) is 2.30. The standard InChI is InChI=1S/C57H70N5O12.C2H6/c1-67-49(63)33-61(34-50(64)68-2)44-19-7-8-20-46(44)72-27-28-73-48-32-47(71-26-10-6-5-9-21-58)41(31-45(48)62(35-51(65)69-3)36-52(66)70-4)53-42-29-37-15-11-22-59-24-13-17-39(54(37)59)56(42)74-57-40-18-14-25-60-23-12-16-38(55(40)60)30-43(53)57;1-2/h7-8,19-20,29-32H,5-6,9-18,21-28,33-36,58H2,1-4H3;1-2H3/q+1;. The number of methoxy groups -OCH3 is 4. The SMILES string of the molecule is CC.COC(=O)CN(CC(=O)OC)c1ccccc1OCCOc1cc(OCCCCCCN)c(C2=c3cc4c5c(c3Oc3c2cc2c6c3CCCN6CCC2)CCC[N+]=5CCC4)cc1N(CC(=O)OC)CC(=O)OC. The van der Waals surface area contributed by atoms with Crippen molar-refractivity contribution in [1.29, 1.82) is 0 Å². The maximum Gasteiger partial charge on any atom is 0.325 e. The Hall–Kier alpha value is -7.01. The molecule has 0 spiro atoms. The minimum atomic E-state index is -0.567. The fraction of sp³-hybridized carbons (Fsp3) is 0.508. The number of esters is 4. The third-order valence-corrected chi connectivity index (χ3v) is 14.7. The molecule has 2 N–H and O–H groups in total. The Balaban J connectivity index is 0.00000378. The van der Waals surface area contributed by atoms with Gasteiger partial charge < -0.3 is 58.3 Å². The van der Waals surface area contributed by atoms with Gasteiger partial charge in [-0.1, -0.05) is 38.8 Å². The van der Waals surface area contributed by atoms with E-state index in [1.54, 1.807) is 29.2 Å². The lowest BCUT2D eigenvalue weighted by molar-refractivity contribution is -0.141. The van der Waals surface area contributed by atoms with E-state index in [1.807, 2.05) is 26.0 Å². The largest absolute Gasteiger partial charge is 0.493 e. The maximum atomic E-state index is 13.4. The lowest BCUT2D eigenvalue weighted by Gasteiger charge is -2.39. The first kappa shape index (κ1) is 55.2. The highest BCUT2D eigenvalue weighted by Gasteiger charge is 2.37. The molecule has 0 aliphatic carbocycles.